The van der Waals surface area contributed by atoms with Crippen molar-refractivity contribution in [2.24, 2.45) is 22.7 Å². The van der Waals surface area contributed by atoms with E-state index < -0.39 is 0 Å². The second-order valence-electron chi connectivity index (χ2n) is 6.82. The topological polar surface area (TPSA) is 40.9 Å². The van der Waals surface area contributed by atoms with E-state index in [-0.39, 0.29) is 11.3 Å². The predicted octanol–water partition coefficient (Wildman–Crippen LogP) is 3.71. The maximum Gasteiger partial charge on any atom is 0.137 e. The van der Waals surface area contributed by atoms with Crippen molar-refractivity contribution in [3.8, 4) is 6.07 Å². The van der Waals surface area contributed by atoms with E-state index in [4.69, 9.17) is 5.26 Å². The van der Waals surface area contributed by atoms with Crippen molar-refractivity contribution in [3.05, 3.63) is 0 Å². The van der Waals surface area contributed by atoms with Gasteiger partial charge in [0.15, 0.2) is 0 Å². The number of carbonyl (C=O) groups is 1. The van der Waals surface area contributed by atoms with Gasteiger partial charge in [0.1, 0.15) is 5.78 Å². The minimum atomic E-state index is -0.00850. The van der Waals surface area contributed by atoms with Gasteiger partial charge in [-0.25, -0.2) is 0 Å². The van der Waals surface area contributed by atoms with Gasteiger partial charge in [-0.1, -0.05) is 27.2 Å². The Morgan fingerprint density at radius 3 is 2.71 bits per heavy atom. The Bertz CT molecular complexity index is 366. The number of ketones is 1. The number of rotatable bonds is 1. The molecule has 0 spiro atoms. The fourth-order valence-electron chi connectivity index (χ4n) is 4.57. The number of nitrogens with zero attached hydrogens (tertiary/aromatic N) is 1. The molecule has 0 aromatic carbocycles. The maximum absolute atomic E-state index is 12.1. The van der Waals surface area contributed by atoms with Crippen LogP contribution in [-0.2, 0) is 4.79 Å². The molecule has 1 unspecified atom stereocenters. The molecule has 2 rings (SSSR count). The highest BCUT2D eigenvalue weighted by Crippen LogP contribution is 2.59. The molecule has 3 atom stereocenters. The molecule has 94 valence electrons. The van der Waals surface area contributed by atoms with Crippen molar-refractivity contribution < 1.29 is 4.79 Å². The summed E-state index contributed by atoms with van der Waals surface area (Å²) in [7, 11) is 0. The van der Waals surface area contributed by atoms with E-state index in [0.717, 1.165) is 12.8 Å². The molecule has 0 amide bonds. The minimum absolute atomic E-state index is 0.00850. The lowest BCUT2D eigenvalue weighted by molar-refractivity contribution is -0.142. The van der Waals surface area contributed by atoms with E-state index in [2.05, 4.69) is 26.8 Å². The summed E-state index contributed by atoms with van der Waals surface area (Å²) in [4.78, 5) is 12.1. The molecule has 2 fully saturated rings. The summed E-state index contributed by atoms with van der Waals surface area (Å²) in [5, 5.41) is 8.97. The summed E-state index contributed by atoms with van der Waals surface area (Å²) >= 11 is 0. The van der Waals surface area contributed by atoms with Crippen molar-refractivity contribution in [1.29, 1.82) is 5.26 Å². The fourth-order valence-corrected chi connectivity index (χ4v) is 4.57. The number of hydrogen-bond acceptors (Lipinski definition) is 2. The van der Waals surface area contributed by atoms with E-state index in [0.29, 0.717) is 30.0 Å². The highest BCUT2D eigenvalue weighted by atomic mass is 16.1. The molecule has 0 aromatic rings. The first kappa shape index (κ1) is 12.6. The molecule has 0 radical (unpaired) electrons. The van der Waals surface area contributed by atoms with E-state index >= 15 is 0 Å². The molecule has 2 aliphatic rings. The van der Waals surface area contributed by atoms with Crippen LogP contribution in [0.2, 0.25) is 0 Å². The number of carbonyl (C=O) groups excluding carboxylic acids is 1. The molecular formula is C15H23NO. The average Bonchev–Trinajstić information content (AvgIpc) is 2.22. The van der Waals surface area contributed by atoms with E-state index in [1.165, 1.54) is 12.8 Å². The lowest BCUT2D eigenvalue weighted by Gasteiger charge is -2.56. The predicted molar refractivity (Wildman–Crippen MR) is 67.2 cm³/mol. The van der Waals surface area contributed by atoms with Gasteiger partial charge in [0.05, 0.1) is 6.07 Å². The number of fused-ring (bicyclic) bond motifs is 1. The molecule has 0 N–H and O–H groups in total. The minimum Gasteiger partial charge on any atom is -0.299 e. The zero-order valence-electron chi connectivity index (χ0n) is 11.3. The van der Waals surface area contributed by atoms with Crippen LogP contribution in [0.25, 0.3) is 0 Å². The first-order valence-corrected chi connectivity index (χ1v) is 6.81. The van der Waals surface area contributed by atoms with Crippen LogP contribution in [0.4, 0.5) is 0 Å². The van der Waals surface area contributed by atoms with E-state index in [1.54, 1.807) is 0 Å². The monoisotopic (exact) mass is 233 g/mol. The molecule has 0 aliphatic heterocycles. The van der Waals surface area contributed by atoms with E-state index in [1.807, 2.05) is 0 Å². The van der Waals surface area contributed by atoms with Gasteiger partial charge in [-0.3, -0.25) is 4.79 Å². The van der Waals surface area contributed by atoms with Crippen LogP contribution >= 0.6 is 0 Å². The maximum atomic E-state index is 12.1. The van der Waals surface area contributed by atoms with Crippen molar-refractivity contribution in [1.82, 2.24) is 0 Å². The standard InChI is InChI=1S/C15H23NO/c1-14(2)8-4-9-15(3)11(7-10-16)12(17)5-6-13(14)15/h11,13H,4-9H2,1-3H3/t11-,13?,15+/m0/s1. The summed E-state index contributed by atoms with van der Waals surface area (Å²) in [6.07, 6.45) is 5.73. The molecule has 17 heavy (non-hydrogen) atoms. The third-order valence-electron chi connectivity index (χ3n) is 5.44. The Morgan fingerprint density at radius 1 is 1.35 bits per heavy atom. The highest BCUT2D eigenvalue weighted by Gasteiger charge is 2.54. The molecule has 0 aromatic heterocycles. The molecule has 2 saturated carbocycles. The Balaban J connectivity index is 2.35. The molecule has 2 heteroatoms. The van der Waals surface area contributed by atoms with Gasteiger partial charge in [-0.15, -0.1) is 0 Å². The smallest absolute Gasteiger partial charge is 0.137 e. The molecule has 0 bridgehead atoms. The van der Waals surface area contributed by atoms with Crippen molar-refractivity contribution in [2.75, 3.05) is 0 Å². The van der Waals surface area contributed by atoms with Gasteiger partial charge in [0, 0.05) is 18.8 Å². The van der Waals surface area contributed by atoms with Crippen LogP contribution in [0.1, 0.15) is 59.3 Å². The van der Waals surface area contributed by atoms with Gasteiger partial charge in [0.2, 0.25) is 0 Å². The zero-order chi connectivity index (χ0) is 12.7. The van der Waals surface area contributed by atoms with E-state index in [9.17, 15) is 4.79 Å². The zero-order valence-corrected chi connectivity index (χ0v) is 11.3. The molecule has 2 nitrogen and oxygen atoms in total. The first-order valence-electron chi connectivity index (χ1n) is 6.81. The van der Waals surface area contributed by atoms with Crippen LogP contribution in [0.15, 0.2) is 0 Å². The van der Waals surface area contributed by atoms with Gasteiger partial charge >= 0.3 is 0 Å². The van der Waals surface area contributed by atoms with Crippen molar-refractivity contribution >= 4 is 5.78 Å². The molecule has 2 aliphatic carbocycles. The van der Waals surface area contributed by atoms with Crippen molar-refractivity contribution in [2.45, 2.75) is 59.3 Å². The molecule has 0 heterocycles. The lowest BCUT2D eigenvalue weighted by atomic mass is 9.48. The summed E-state index contributed by atoms with van der Waals surface area (Å²) in [5.74, 6) is 0.939. The van der Waals surface area contributed by atoms with Gasteiger partial charge in [-0.2, -0.15) is 5.26 Å². The van der Waals surface area contributed by atoms with Crippen LogP contribution < -0.4 is 0 Å². The van der Waals surface area contributed by atoms with Crippen LogP contribution in [0, 0.1) is 34.0 Å². The summed E-state index contributed by atoms with van der Waals surface area (Å²) in [6, 6.07) is 2.23. The third kappa shape index (κ3) is 1.90. The summed E-state index contributed by atoms with van der Waals surface area (Å²) in [6.45, 7) is 6.94. The van der Waals surface area contributed by atoms with Crippen LogP contribution in [0.3, 0.4) is 0 Å². The van der Waals surface area contributed by atoms with Crippen LogP contribution in [0.5, 0.6) is 0 Å². The molecule has 0 saturated heterocycles. The fraction of sp³-hybridized carbons (Fsp3) is 0.867. The second-order valence-corrected chi connectivity index (χ2v) is 6.82. The third-order valence-corrected chi connectivity index (χ3v) is 5.44. The summed E-state index contributed by atoms with van der Waals surface area (Å²) < 4.78 is 0. The quantitative estimate of drug-likeness (QED) is 0.692. The second kappa shape index (κ2) is 4.12. The largest absolute Gasteiger partial charge is 0.299 e. The number of Topliss-reactive ketones (excluding diaryl/α,β-unsaturated/α-hetero) is 1. The highest BCUT2D eigenvalue weighted by molar-refractivity contribution is 5.83. The number of hydrogen-bond donors (Lipinski definition) is 0. The SMILES string of the molecule is CC1(C)CCC[C@@]2(C)C1CCC(=O)[C@@H]2CC#N. The van der Waals surface area contributed by atoms with Crippen LogP contribution in [-0.4, -0.2) is 5.78 Å². The molecular weight excluding hydrogens is 210 g/mol. The Morgan fingerprint density at radius 2 is 2.06 bits per heavy atom. The van der Waals surface area contributed by atoms with Gasteiger partial charge in [0.25, 0.3) is 0 Å². The Kier molecular flexibility index (Phi) is 3.06. The number of nitriles is 1. The Labute approximate surface area is 104 Å². The Hall–Kier alpha value is -0.840. The van der Waals surface area contributed by atoms with Gasteiger partial charge in [-0.05, 0) is 36.0 Å². The normalized spacial score (nSPS) is 40.5. The van der Waals surface area contributed by atoms with Crippen molar-refractivity contribution in [3.63, 3.8) is 0 Å². The first-order chi connectivity index (χ1) is 7.92. The lowest BCUT2D eigenvalue weighted by Crippen LogP contribution is -2.51. The van der Waals surface area contributed by atoms with Gasteiger partial charge < -0.3 is 0 Å². The summed E-state index contributed by atoms with van der Waals surface area (Å²) in [5.41, 5.74) is 0.411. The average molecular weight is 233 g/mol.